The first-order chi connectivity index (χ1) is 10.7. The van der Waals surface area contributed by atoms with Gasteiger partial charge in [-0.2, -0.15) is 13.2 Å². The fraction of sp³-hybridized carbons (Fsp3) is 0.176. The highest BCUT2D eigenvalue weighted by molar-refractivity contribution is 6.15. The summed E-state index contributed by atoms with van der Waals surface area (Å²) in [6.07, 6.45) is -4.59. The molecule has 0 spiro atoms. The van der Waals surface area contributed by atoms with Gasteiger partial charge in [-0.25, -0.2) is 0 Å². The lowest BCUT2D eigenvalue weighted by molar-refractivity contribution is -0.137. The van der Waals surface area contributed by atoms with Crippen LogP contribution in [0, 0.1) is 0 Å². The molecule has 23 heavy (non-hydrogen) atoms. The van der Waals surface area contributed by atoms with Crippen LogP contribution < -0.4 is 4.74 Å². The van der Waals surface area contributed by atoms with Crippen molar-refractivity contribution in [2.75, 3.05) is 7.11 Å². The minimum absolute atomic E-state index is 0.0428. The number of carbonyl (C=O) groups is 2. The van der Waals surface area contributed by atoms with Gasteiger partial charge in [-0.1, -0.05) is 6.07 Å². The molecule has 0 fully saturated rings. The molecule has 0 atom stereocenters. The number of ketones is 2. The minimum atomic E-state index is -4.59. The summed E-state index contributed by atoms with van der Waals surface area (Å²) in [6, 6.07) is 8.45. The van der Waals surface area contributed by atoms with Gasteiger partial charge >= 0.3 is 6.18 Å². The highest BCUT2D eigenvalue weighted by Crippen LogP contribution is 2.31. The second kappa shape index (κ2) is 6.24. The number of halogens is 3. The smallest absolute Gasteiger partial charge is 0.416 e. The summed E-state index contributed by atoms with van der Waals surface area (Å²) < 4.78 is 43.5. The van der Waals surface area contributed by atoms with E-state index in [0.717, 1.165) is 12.1 Å². The van der Waals surface area contributed by atoms with Crippen molar-refractivity contribution in [1.82, 2.24) is 0 Å². The largest absolute Gasteiger partial charge is 0.497 e. The molecule has 0 aromatic heterocycles. The Morgan fingerprint density at radius 2 is 1.57 bits per heavy atom. The molecular formula is C17H13F3O3. The molecule has 2 aromatic rings. The number of rotatable bonds is 4. The number of ether oxygens (including phenoxy) is 1. The summed E-state index contributed by atoms with van der Waals surface area (Å²) in [7, 11) is 1.46. The van der Waals surface area contributed by atoms with Crippen molar-refractivity contribution >= 4 is 11.6 Å². The predicted octanol–water partition coefficient (Wildman–Crippen LogP) is 4.15. The Hall–Kier alpha value is -2.63. The second-order valence-corrected chi connectivity index (χ2v) is 4.87. The number of hydrogen-bond acceptors (Lipinski definition) is 3. The molecule has 0 amide bonds. The van der Waals surface area contributed by atoms with Crippen LogP contribution in [0.5, 0.6) is 5.75 Å². The van der Waals surface area contributed by atoms with Crippen molar-refractivity contribution < 1.29 is 27.5 Å². The third-order valence-electron chi connectivity index (χ3n) is 3.32. The van der Waals surface area contributed by atoms with E-state index >= 15 is 0 Å². The first-order valence-corrected chi connectivity index (χ1v) is 6.65. The quantitative estimate of drug-likeness (QED) is 0.794. The summed E-state index contributed by atoms with van der Waals surface area (Å²) in [4.78, 5) is 24.1. The maximum absolute atomic E-state index is 12.9. The molecule has 6 heteroatoms. The average molecular weight is 322 g/mol. The van der Waals surface area contributed by atoms with E-state index in [9.17, 15) is 22.8 Å². The van der Waals surface area contributed by atoms with Crippen LogP contribution in [-0.4, -0.2) is 18.7 Å². The van der Waals surface area contributed by atoms with Crippen molar-refractivity contribution in [3.05, 3.63) is 64.7 Å². The molecule has 2 aromatic carbocycles. The number of methoxy groups -OCH3 is 1. The van der Waals surface area contributed by atoms with E-state index in [2.05, 4.69) is 0 Å². The van der Waals surface area contributed by atoms with Crippen LogP contribution in [0.4, 0.5) is 13.2 Å². The van der Waals surface area contributed by atoms with E-state index in [1.165, 1.54) is 38.3 Å². The van der Waals surface area contributed by atoms with Gasteiger partial charge in [0.15, 0.2) is 11.6 Å². The van der Waals surface area contributed by atoms with Crippen LogP contribution in [0.1, 0.15) is 38.8 Å². The zero-order valence-electron chi connectivity index (χ0n) is 12.4. The fourth-order valence-corrected chi connectivity index (χ4v) is 2.11. The third-order valence-corrected chi connectivity index (χ3v) is 3.32. The van der Waals surface area contributed by atoms with Gasteiger partial charge < -0.3 is 4.74 Å². The lowest BCUT2D eigenvalue weighted by Crippen LogP contribution is -2.12. The fourth-order valence-electron chi connectivity index (χ4n) is 2.11. The maximum Gasteiger partial charge on any atom is 0.416 e. The maximum atomic E-state index is 12.9. The monoisotopic (exact) mass is 322 g/mol. The van der Waals surface area contributed by atoms with Gasteiger partial charge in [-0.3, -0.25) is 9.59 Å². The predicted molar refractivity (Wildman–Crippen MR) is 77.9 cm³/mol. The number of alkyl halides is 3. The van der Waals surface area contributed by atoms with Gasteiger partial charge in [-0.15, -0.1) is 0 Å². The molecule has 0 unspecified atom stereocenters. The molecule has 0 aliphatic rings. The summed E-state index contributed by atoms with van der Waals surface area (Å²) in [6.45, 7) is 1.20. The Morgan fingerprint density at radius 1 is 0.957 bits per heavy atom. The van der Waals surface area contributed by atoms with E-state index in [4.69, 9.17) is 4.74 Å². The topological polar surface area (TPSA) is 43.4 Å². The first kappa shape index (κ1) is 16.7. The molecule has 0 heterocycles. The zero-order valence-corrected chi connectivity index (χ0v) is 12.4. The van der Waals surface area contributed by atoms with Crippen molar-refractivity contribution in [2.45, 2.75) is 13.1 Å². The van der Waals surface area contributed by atoms with Gasteiger partial charge in [0.1, 0.15) is 5.75 Å². The molecule has 0 saturated carbocycles. The van der Waals surface area contributed by atoms with Crippen LogP contribution in [0.3, 0.4) is 0 Å². The molecular weight excluding hydrogens is 309 g/mol. The number of benzene rings is 2. The van der Waals surface area contributed by atoms with Crippen molar-refractivity contribution in [2.24, 2.45) is 0 Å². The van der Waals surface area contributed by atoms with Gasteiger partial charge in [0.25, 0.3) is 0 Å². The molecule has 3 nitrogen and oxygen atoms in total. The number of hydrogen-bond donors (Lipinski definition) is 0. The number of carbonyl (C=O) groups excluding carboxylic acids is 2. The summed E-state index contributed by atoms with van der Waals surface area (Å²) in [5, 5.41) is 0. The van der Waals surface area contributed by atoms with E-state index in [-0.39, 0.29) is 16.7 Å². The molecule has 0 radical (unpaired) electrons. The van der Waals surface area contributed by atoms with E-state index < -0.39 is 23.3 Å². The van der Waals surface area contributed by atoms with Gasteiger partial charge in [0.2, 0.25) is 0 Å². The van der Waals surface area contributed by atoms with Crippen molar-refractivity contribution in [1.29, 1.82) is 0 Å². The van der Waals surface area contributed by atoms with Crippen LogP contribution in [0.15, 0.2) is 42.5 Å². The molecule has 0 bridgehead atoms. The van der Waals surface area contributed by atoms with Crippen molar-refractivity contribution in [3.8, 4) is 5.75 Å². The van der Waals surface area contributed by atoms with Crippen LogP contribution >= 0.6 is 0 Å². The lowest BCUT2D eigenvalue weighted by Gasteiger charge is -2.12. The molecule has 0 saturated heterocycles. The SMILES string of the molecule is COc1ccc(C(=O)c2cc(C(F)(F)F)ccc2C(C)=O)cc1. The Morgan fingerprint density at radius 3 is 2.04 bits per heavy atom. The molecule has 0 aliphatic heterocycles. The highest BCUT2D eigenvalue weighted by Gasteiger charge is 2.32. The van der Waals surface area contributed by atoms with Gasteiger partial charge in [-0.05, 0) is 43.3 Å². The Labute approximate surface area is 130 Å². The van der Waals surface area contributed by atoms with Crippen LogP contribution in [0.25, 0.3) is 0 Å². The summed E-state index contributed by atoms with van der Waals surface area (Å²) in [5.41, 5.74) is -1.11. The van der Waals surface area contributed by atoms with Crippen LogP contribution in [-0.2, 0) is 6.18 Å². The van der Waals surface area contributed by atoms with Crippen molar-refractivity contribution in [3.63, 3.8) is 0 Å². The highest BCUT2D eigenvalue weighted by atomic mass is 19.4. The third kappa shape index (κ3) is 3.59. The first-order valence-electron chi connectivity index (χ1n) is 6.65. The van der Waals surface area contributed by atoms with Gasteiger partial charge in [0.05, 0.1) is 12.7 Å². The van der Waals surface area contributed by atoms with E-state index in [1.54, 1.807) is 0 Å². The van der Waals surface area contributed by atoms with E-state index in [1.807, 2.05) is 0 Å². The summed E-state index contributed by atoms with van der Waals surface area (Å²) in [5.74, 6) is -0.614. The normalized spacial score (nSPS) is 11.2. The summed E-state index contributed by atoms with van der Waals surface area (Å²) >= 11 is 0. The Kier molecular flexibility index (Phi) is 4.54. The molecule has 0 aliphatic carbocycles. The average Bonchev–Trinajstić information content (AvgIpc) is 2.52. The Balaban J connectivity index is 2.54. The molecule has 0 N–H and O–H groups in total. The van der Waals surface area contributed by atoms with Gasteiger partial charge in [0, 0.05) is 16.7 Å². The zero-order chi connectivity index (χ0) is 17.2. The standard InChI is InChI=1S/C17H13F3O3/c1-10(21)14-8-5-12(17(18,19)20)9-15(14)16(22)11-3-6-13(23-2)7-4-11/h3-9H,1-2H3. The van der Waals surface area contributed by atoms with E-state index in [0.29, 0.717) is 11.8 Å². The lowest BCUT2D eigenvalue weighted by atomic mass is 9.94. The number of Topliss-reactive ketones (excluding diaryl/α,β-unsaturated/α-hetero) is 1. The minimum Gasteiger partial charge on any atom is -0.497 e. The molecule has 120 valence electrons. The Bertz CT molecular complexity index is 747. The second-order valence-electron chi connectivity index (χ2n) is 4.87. The molecule has 2 rings (SSSR count). The van der Waals surface area contributed by atoms with Crippen LogP contribution in [0.2, 0.25) is 0 Å².